The molecule has 0 aliphatic rings. The second-order valence-electron chi connectivity index (χ2n) is 1.06. The van der Waals surface area contributed by atoms with Gasteiger partial charge in [0.05, 0.1) is 0 Å². The molecule has 0 unspecified atom stereocenters. The van der Waals surface area contributed by atoms with Gasteiger partial charge in [-0.2, -0.15) is 5.10 Å². The lowest BCUT2D eigenvalue weighted by atomic mass is 10.6. The molecule has 1 radical (unpaired) electrons. The maximum atomic E-state index is 10.1. The van der Waals surface area contributed by atoms with Crippen molar-refractivity contribution in [3.05, 3.63) is 18.3 Å². The largest absolute Gasteiger partial charge is 0.288 e. The summed E-state index contributed by atoms with van der Waals surface area (Å²) in [6, 6.07) is 2.91. The first kappa shape index (κ1) is 4.05. The Labute approximate surface area is 40.6 Å². The van der Waals surface area contributed by atoms with Crippen molar-refractivity contribution in [3.63, 3.8) is 0 Å². The van der Waals surface area contributed by atoms with Crippen molar-refractivity contribution >= 4 is 0 Å². The first-order valence-corrected chi connectivity index (χ1v) is 1.84. The summed E-state index contributed by atoms with van der Waals surface area (Å²) in [6.45, 7) is 0. The maximum Gasteiger partial charge on any atom is 0.288 e. The molecule has 0 atom stereocenters. The molecule has 1 aromatic rings. The SMILES string of the molecule is [O]c1cccnn1. The minimum Gasteiger partial charge on any atom is -0.266 e. The van der Waals surface area contributed by atoms with E-state index in [0.29, 0.717) is 0 Å². The van der Waals surface area contributed by atoms with Crippen molar-refractivity contribution in [2.24, 2.45) is 0 Å². The lowest BCUT2D eigenvalue weighted by Crippen LogP contribution is -1.73. The second-order valence-corrected chi connectivity index (χ2v) is 1.06. The molecule has 0 spiro atoms. The highest BCUT2D eigenvalue weighted by Crippen LogP contribution is 1.95. The molecule has 1 rings (SSSR count). The van der Waals surface area contributed by atoms with Crippen LogP contribution in [0.3, 0.4) is 0 Å². The molecule has 0 bridgehead atoms. The topological polar surface area (TPSA) is 45.7 Å². The van der Waals surface area contributed by atoms with Crippen molar-refractivity contribution in [2.75, 3.05) is 0 Å². The van der Waals surface area contributed by atoms with E-state index in [9.17, 15) is 5.11 Å². The molecule has 0 amide bonds. The second kappa shape index (κ2) is 1.55. The Kier molecular flexibility index (Phi) is 0.898. The van der Waals surface area contributed by atoms with Gasteiger partial charge in [-0.25, -0.2) is 0 Å². The predicted octanol–water partition coefficient (Wildman–Crippen LogP) is 0.620. The Morgan fingerprint density at radius 1 is 1.57 bits per heavy atom. The van der Waals surface area contributed by atoms with Gasteiger partial charge in [0.1, 0.15) is 0 Å². The van der Waals surface area contributed by atoms with Crippen LogP contribution in [-0.2, 0) is 5.11 Å². The average molecular weight is 95.1 g/mol. The summed E-state index contributed by atoms with van der Waals surface area (Å²) in [6.07, 6.45) is 1.46. The standard InChI is InChI=1S/C4H3N2O/c7-4-2-1-3-5-6-4/h1-3H. The molecule has 0 fully saturated rings. The van der Waals surface area contributed by atoms with Gasteiger partial charge in [0, 0.05) is 12.3 Å². The van der Waals surface area contributed by atoms with Crippen LogP contribution in [0.25, 0.3) is 0 Å². The van der Waals surface area contributed by atoms with Gasteiger partial charge in [0.15, 0.2) is 0 Å². The van der Waals surface area contributed by atoms with E-state index in [2.05, 4.69) is 10.2 Å². The van der Waals surface area contributed by atoms with Gasteiger partial charge >= 0.3 is 0 Å². The van der Waals surface area contributed by atoms with Crippen molar-refractivity contribution in [1.82, 2.24) is 10.2 Å². The maximum absolute atomic E-state index is 10.1. The lowest BCUT2D eigenvalue weighted by molar-refractivity contribution is 0.332. The third-order valence-corrected chi connectivity index (χ3v) is 0.548. The van der Waals surface area contributed by atoms with Crippen LogP contribution in [0.1, 0.15) is 0 Å². The van der Waals surface area contributed by atoms with Crippen molar-refractivity contribution in [1.29, 1.82) is 0 Å². The molecular formula is C4H3N2O. The Morgan fingerprint density at radius 3 is 2.71 bits per heavy atom. The van der Waals surface area contributed by atoms with Gasteiger partial charge in [0.25, 0.3) is 5.88 Å². The predicted molar refractivity (Wildman–Crippen MR) is 22.2 cm³/mol. The number of nitrogens with zero attached hydrogens (tertiary/aromatic N) is 2. The number of rotatable bonds is 0. The average Bonchev–Trinajstić information content (AvgIpc) is 1.69. The quantitative estimate of drug-likeness (QED) is 0.474. The van der Waals surface area contributed by atoms with Crippen molar-refractivity contribution < 1.29 is 5.11 Å². The smallest absolute Gasteiger partial charge is 0.266 e. The third-order valence-electron chi connectivity index (χ3n) is 0.548. The normalized spacial score (nSPS) is 8.57. The van der Waals surface area contributed by atoms with E-state index < -0.39 is 0 Å². The fourth-order valence-corrected chi connectivity index (χ4v) is 0.287. The summed E-state index contributed by atoms with van der Waals surface area (Å²) in [5, 5.41) is 16.6. The summed E-state index contributed by atoms with van der Waals surface area (Å²) in [4.78, 5) is 0. The molecule has 0 aliphatic carbocycles. The highest BCUT2D eigenvalue weighted by Gasteiger charge is 1.82. The summed E-state index contributed by atoms with van der Waals surface area (Å²) < 4.78 is 0. The fourth-order valence-electron chi connectivity index (χ4n) is 0.287. The minimum absolute atomic E-state index is 0.289. The van der Waals surface area contributed by atoms with Crippen LogP contribution >= 0.6 is 0 Å². The summed E-state index contributed by atoms with van der Waals surface area (Å²) in [5.41, 5.74) is 0. The van der Waals surface area contributed by atoms with E-state index in [4.69, 9.17) is 0 Å². The molecule has 3 heteroatoms. The molecule has 0 saturated heterocycles. The first-order chi connectivity index (χ1) is 3.39. The number of hydrogen-bond donors (Lipinski definition) is 0. The highest BCUT2D eigenvalue weighted by atomic mass is 16.3. The molecule has 0 aliphatic heterocycles. The van der Waals surface area contributed by atoms with Crippen LogP contribution in [0.4, 0.5) is 0 Å². The fraction of sp³-hybridized carbons (Fsp3) is 0. The van der Waals surface area contributed by atoms with Gasteiger partial charge in [-0.15, -0.1) is 5.10 Å². The third kappa shape index (κ3) is 0.855. The Balaban J connectivity index is 3.02. The molecule has 7 heavy (non-hydrogen) atoms. The van der Waals surface area contributed by atoms with Crippen LogP contribution in [0, 0.1) is 0 Å². The van der Waals surface area contributed by atoms with Crippen molar-refractivity contribution in [2.45, 2.75) is 0 Å². The monoisotopic (exact) mass is 95.0 g/mol. The molecule has 0 saturated carbocycles. The van der Waals surface area contributed by atoms with Crippen LogP contribution in [0.2, 0.25) is 0 Å². The van der Waals surface area contributed by atoms with Gasteiger partial charge in [-0.05, 0) is 6.07 Å². The molecule has 3 nitrogen and oxygen atoms in total. The molecule has 0 aromatic carbocycles. The molecule has 0 N–H and O–H groups in total. The van der Waals surface area contributed by atoms with E-state index in [1.54, 1.807) is 6.07 Å². The van der Waals surface area contributed by atoms with E-state index in [1.807, 2.05) is 0 Å². The van der Waals surface area contributed by atoms with Crippen LogP contribution in [0.5, 0.6) is 5.88 Å². The zero-order valence-corrected chi connectivity index (χ0v) is 3.53. The molecule has 1 heterocycles. The summed E-state index contributed by atoms with van der Waals surface area (Å²) in [7, 11) is 0. The van der Waals surface area contributed by atoms with Crippen LogP contribution in [-0.4, -0.2) is 10.2 Å². The summed E-state index contributed by atoms with van der Waals surface area (Å²) >= 11 is 0. The minimum atomic E-state index is -0.289. The Morgan fingerprint density at radius 2 is 2.43 bits per heavy atom. The van der Waals surface area contributed by atoms with E-state index in [1.165, 1.54) is 12.3 Å². The molecule has 35 valence electrons. The zero-order valence-electron chi connectivity index (χ0n) is 3.53. The lowest BCUT2D eigenvalue weighted by Gasteiger charge is -1.75. The van der Waals surface area contributed by atoms with Crippen molar-refractivity contribution in [3.8, 4) is 5.88 Å². The zero-order chi connectivity index (χ0) is 5.11. The number of hydrogen-bond acceptors (Lipinski definition) is 2. The van der Waals surface area contributed by atoms with Crippen LogP contribution < -0.4 is 0 Å². The highest BCUT2D eigenvalue weighted by molar-refractivity contribution is 5.01. The summed E-state index contributed by atoms with van der Waals surface area (Å²) in [5.74, 6) is -0.289. The van der Waals surface area contributed by atoms with E-state index >= 15 is 0 Å². The number of aromatic nitrogens is 2. The van der Waals surface area contributed by atoms with Crippen LogP contribution in [0.15, 0.2) is 18.3 Å². The Hall–Kier alpha value is -1.12. The molecular weight excluding hydrogens is 92.1 g/mol. The Bertz CT molecular complexity index is 140. The van der Waals surface area contributed by atoms with E-state index in [-0.39, 0.29) is 5.88 Å². The van der Waals surface area contributed by atoms with Gasteiger partial charge in [0.2, 0.25) is 0 Å². The van der Waals surface area contributed by atoms with Gasteiger partial charge < -0.3 is 0 Å². The first-order valence-electron chi connectivity index (χ1n) is 1.84. The van der Waals surface area contributed by atoms with Gasteiger partial charge in [-0.3, -0.25) is 5.11 Å². The van der Waals surface area contributed by atoms with E-state index in [0.717, 1.165) is 0 Å². The van der Waals surface area contributed by atoms with Gasteiger partial charge in [-0.1, -0.05) is 0 Å². The molecule has 1 aromatic heterocycles.